The van der Waals surface area contributed by atoms with Gasteiger partial charge in [-0.15, -0.1) is 0 Å². The molecule has 1 aliphatic carbocycles. The summed E-state index contributed by atoms with van der Waals surface area (Å²) in [7, 11) is -1.46. The first-order valence-corrected chi connectivity index (χ1v) is 15.9. The standard InChI is InChI=1S/C31H32F2N6O5S/c1-37(2)30(41)24-9-8-22(13-28(24)40)38(18-21-16-36-26(17-35-21)19-6-4-3-5-7-19)31(42)27-10-11-39(27)45(43,44)23-12-20(15-34)29(33)25(32)14-23/h8-9,12-14,16-17,19,27,40H,3-7,10-11,18H2,1-2H3/t27-/m1/s1. The predicted octanol–water partition coefficient (Wildman–Crippen LogP) is 4.08. The van der Waals surface area contributed by atoms with Gasteiger partial charge in [-0.05, 0) is 43.5 Å². The van der Waals surface area contributed by atoms with Crippen LogP contribution in [0.5, 0.6) is 5.75 Å². The van der Waals surface area contributed by atoms with Gasteiger partial charge in [0.05, 0.1) is 40.2 Å². The minimum Gasteiger partial charge on any atom is -0.507 e. The molecule has 3 aromatic rings. The van der Waals surface area contributed by atoms with Crippen molar-refractivity contribution in [2.75, 3.05) is 25.5 Å². The normalized spacial score (nSPS) is 17.3. The molecule has 0 radical (unpaired) electrons. The van der Waals surface area contributed by atoms with Crippen LogP contribution in [0.4, 0.5) is 14.5 Å². The fraction of sp³-hybridized carbons (Fsp3) is 0.387. The number of carbonyl (C=O) groups is 2. The summed E-state index contributed by atoms with van der Waals surface area (Å²) in [5.41, 5.74) is 0.669. The van der Waals surface area contributed by atoms with Crippen molar-refractivity contribution < 1.29 is 31.9 Å². The second kappa shape index (κ2) is 12.9. The topological polar surface area (TPSA) is 148 Å². The van der Waals surface area contributed by atoms with Gasteiger partial charge in [0.25, 0.3) is 5.91 Å². The van der Waals surface area contributed by atoms with Crippen LogP contribution >= 0.6 is 0 Å². The number of hydrogen-bond acceptors (Lipinski definition) is 8. The number of amides is 2. The quantitative estimate of drug-likeness (QED) is 0.388. The number of sulfonamides is 1. The minimum atomic E-state index is -4.51. The van der Waals surface area contributed by atoms with Crippen molar-refractivity contribution in [1.82, 2.24) is 19.2 Å². The molecular formula is C31H32F2N6O5S. The molecule has 2 aliphatic rings. The van der Waals surface area contributed by atoms with Crippen LogP contribution in [0.2, 0.25) is 0 Å². The van der Waals surface area contributed by atoms with Gasteiger partial charge < -0.3 is 14.9 Å². The Kier molecular flexibility index (Phi) is 9.13. The van der Waals surface area contributed by atoms with Crippen molar-refractivity contribution >= 4 is 27.5 Å². The molecule has 1 N–H and O–H groups in total. The summed E-state index contributed by atoms with van der Waals surface area (Å²) in [6, 6.07) is 5.48. The molecule has 2 heterocycles. The highest BCUT2D eigenvalue weighted by Gasteiger charge is 2.45. The Balaban J connectivity index is 1.47. The van der Waals surface area contributed by atoms with Gasteiger partial charge in [-0.2, -0.15) is 9.57 Å². The van der Waals surface area contributed by atoms with Crippen molar-refractivity contribution in [3.63, 3.8) is 0 Å². The summed E-state index contributed by atoms with van der Waals surface area (Å²) in [6.45, 7) is -0.212. The fourth-order valence-corrected chi connectivity index (χ4v) is 7.30. The number of phenols is 1. The molecule has 1 aliphatic heterocycles. The van der Waals surface area contributed by atoms with Gasteiger partial charge in [-0.25, -0.2) is 17.2 Å². The van der Waals surface area contributed by atoms with Gasteiger partial charge in [-0.3, -0.25) is 19.6 Å². The van der Waals surface area contributed by atoms with E-state index < -0.39 is 50.0 Å². The Hall–Kier alpha value is -4.48. The lowest BCUT2D eigenvalue weighted by Crippen LogP contribution is -2.59. The molecule has 11 nitrogen and oxygen atoms in total. The number of anilines is 1. The first kappa shape index (κ1) is 31.9. The van der Waals surface area contributed by atoms with Crippen molar-refractivity contribution in [2.45, 2.75) is 61.9 Å². The second-order valence-corrected chi connectivity index (χ2v) is 13.3. The molecule has 1 saturated carbocycles. The number of aromatic hydroxyl groups is 1. The number of hydrogen-bond donors (Lipinski definition) is 1. The highest BCUT2D eigenvalue weighted by Crippen LogP contribution is 2.34. The van der Waals surface area contributed by atoms with Crippen LogP contribution in [0.15, 0.2) is 47.6 Å². The Morgan fingerprint density at radius 1 is 1.07 bits per heavy atom. The maximum atomic E-state index is 14.2. The van der Waals surface area contributed by atoms with E-state index in [1.54, 1.807) is 12.4 Å². The van der Waals surface area contributed by atoms with Crippen molar-refractivity contribution in [3.05, 3.63) is 76.9 Å². The fourth-order valence-electron chi connectivity index (χ4n) is 5.63. The zero-order valence-electron chi connectivity index (χ0n) is 24.8. The Bertz CT molecular complexity index is 1770. The lowest BCUT2D eigenvalue weighted by atomic mass is 9.87. The molecule has 2 aromatic carbocycles. The average Bonchev–Trinajstić information content (AvgIpc) is 3.00. The molecule has 236 valence electrons. The zero-order chi connectivity index (χ0) is 32.5. The molecule has 14 heteroatoms. The van der Waals surface area contributed by atoms with Crippen molar-refractivity contribution in [1.29, 1.82) is 5.26 Å². The summed E-state index contributed by atoms with van der Waals surface area (Å²) in [5.74, 6) is -4.17. The third-order valence-electron chi connectivity index (χ3n) is 8.25. The molecule has 45 heavy (non-hydrogen) atoms. The van der Waals surface area contributed by atoms with E-state index in [0.29, 0.717) is 17.7 Å². The van der Waals surface area contributed by atoms with Crippen LogP contribution in [-0.4, -0.2) is 71.2 Å². The lowest BCUT2D eigenvalue weighted by Gasteiger charge is -2.41. The van der Waals surface area contributed by atoms with E-state index in [2.05, 4.69) is 9.97 Å². The van der Waals surface area contributed by atoms with Gasteiger partial charge in [-0.1, -0.05) is 19.3 Å². The van der Waals surface area contributed by atoms with Gasteiger partial charge in [0, 0.05) is 44.5 Å². The number of phenolic OH excluding ortho intramolecular Hbond substituents is 1. The Morgan fingerprint density at radius 2 is 1.80 bits per heavy atom. The molecule has 0 spiro atoms. The molecule has 5 rings (SSSR count). The van der Waals surface area contributed by atoms with Crippen LogP contribution in [0.1, 0.15) is 71.8 Å². The SMILES string of the molecule is CN(C)C(=O)c1ccc(N(Cc2cnc(C3CCCCC3)cn2)C(=O)[C@H]2CCN2S(=O)(=O)c2cc(F)c(F)c(C#N)c2)cc1O. The van der Waals surface area contributed by atoms with Gasteiger partial charge in [0.1, 0.15) is 17.9 Å². The summed E-state index contributed by atoms with van der Waals surface area (Å²) in [4.78, 5) is 37.5. The zero-order valence-corrected chi connectivity index (χ0v) is 25.6. The van der Waals surface area contributed by atoms with Crippen LogP contribution in [-0.2, 0) is 21.4 Å². The van der Waals surface area contributed by atoms with Gasteiger partial charge in [0.2, 0.25) is 15.9 Å². The second-order valence-electron chi connectivity index (χ2n) is 11.4. The maximum absolute atomic E-state index is 14.2. The summed E-state index contributed by atoms with van der Waals surface area (Å²) >= 11 is 0. The molecule has 0 unspecified atom stereocenters. The first-order chi connectivity index (χ1) is 21.4. The maximum Gasteiger partial charge on any atom is 0.257 e. The Labute approximate surface area is 259 Å². The number of benzene rings is 2. The molecule has 0 bridgehead atoms. The number of aromatic nitrogens is 2. The van der Waals surface area contributed by atoms with Crippen LogP contribution in [0.25, 0.3) is 0 Å². The average molecular weight is 639 g/mol. The van der Waals surface area contributed by atoms with E-state index in [9.17, 15) is 31.9 Å². The molecule has 2 amide bonds. The summed E-state index contributed by atoms with van der Waals surface area (Å²) < 4.78 is 55.9. The summed E-state index contributed by atoms with van der Waals surface area (Å²) in [5, 5.41) is 19.9. The molecule has 1 aromatic heterocycles. The van der Waals surface area contributed by atoms with Crippen LogP contribution in [0.3, 0.4) is 0 Å². The van der Waals surface area contributed by atoms with E-state index in [-0.39, 0.29) is 36.5 Å². The van der Waals surface area contributed by atoms with E-state index >= 15 is 0 Å². The number of nitriles is 1. The van der Waals surface area contributed by atoms with Crippen LogP contribution in [0, 0.1) is 23.0 Å². The Morgan fingerprint density at radius 3 is 2.38 bits per heavy atom. The lowest BCUT2D eigenvalue weighted by molar-refractivity contribution is -0.125. The highest BCUT2D eigenvalue weighted by atomic mass is 32.2. The number of rotatable bonds is 8. The number of nitrogens with zero attached hydrogens (tertiary/aromatic N) is 6. The molecule has 1 saturated heterocycles. The van der Waals surface area contributed by atoms with Crippen molar-refractivity contribution in [3.8, 4) is 11.8 Å². The van der Waals surface area contributed by atoms with Crippen molar-refractivity contribution in [2.24, 2.45) is 0 Å². The third-order valence-corrected chi connectivity index (χ3v) is 10.1. The van der Waals surface area contributed by atoms with E-state index in [0.717, 1.165) is 41.7 Å². The largest absolute Gasteiger partial charge is 0.507 e. The van der Waals surface area contributed by atoms with E-state index in [1.165, 1.54) is 54.6 Å². The highest BCUT2D eigenvalue weighted by molar-refractivity contribution is 7.89. The predicted molar refractivity (Wildman–Crippen MR) is 159 cm³/mol. The molecular weight excluding hydrogens is 606 g/mol. The monoisotopic (exact) mass is 638 g/mol. The van der Waals surface area contributed by atoms with Crippen LogP contribution < -0.4 is 4.90 Å². The molecule has 2 fully saturated rings. The third kappa shape index (κ3) is 6.36. The minimum absolute atomic E-state index is 0.00672. The van der Waals surface area contributed by atoms with E-state index in [4.69, 9.17) is 5.26 Å². The number of carbonyl (C=O) groups excluding carboxylic acids is 2. The summed E-state index contributed by atoms with van der Waals surface area (Å²) in [6.07, 6.45) is 8.84. The smallest absolute Gasteiger partial charge is 0.257 e. The van der Waals surface area contributed by atoms with Gasteiger partial charge >= 0.3 is 0 Å². The van der Waals surface area contributed by atoms with E-state index in [1.807, 2.05) is 0 Å². The first-order valence-electron chi connectivity index (χ1n) is 14.5. The van der Waals surface area contributed by atoms with Gasteiger partial charge in [0.15, 0.2) is 11.6 Å². The number of halogens is 2. The molecule has 1 atom stereocenters.